The van der Waals surface area contributed by atoms with Crippen LogP contribution in [0.1, 0.15) is 43.4 Å². The Bertz CT molecular complexity index is 794. The lowest BCUT2D eigenvalue weighted by atomic mass is 9.72. The Morgan fingerprint density at radius 2 is 2.17 bits per heavy atom. The van der Waals surface area contributed by atoms with E-state index in [1.165, 1.54) is 22.0 Å². The third-order valence-electron chi connectivity index (χ3n) is 5.94. The predicted molar refractivity (Wildman–Crippen MR) is 95.6 cm³/mol. The van der Waals surface area contributed by atoms with Gasteiger partial charge in [-0.25, -0.2) is 5.84 Å². The van der Waals surface area contributed by atoms with Gasteiger partial charge in [0.15, 0.2) is 0 Å². The molecule has 1 amide bonds. The van der Waals surface area contributed by atoms with E-state index >= 15 is 0 Å². The molecule has 1 aromatic carbocycles. The predicted octanol–water partition coefficient (Wildman–Crippen LogP) is 2.17. The minimum absolute atomic E-state index is 0.0368. The zero-order chi connectivity index (χ0) is 17.0. The summed E-state index contributed by atoms with van der Waals surface area (Å²) in [6.45, 7) is 5.24. The average Bonchev–Trinajstić information content (AvgIpc) is 2.95. The number of nitrogens with zero attached hydrogens (tertiary/aromatic N) is 2. The van der Waals surface area contributed by atoms with E-state index in [1.807, 2.05) is 0 Å². The van der Waals surface area contributed by atoms with Crippen LogP contribution in [0.3, 0.4) is 0 Å². The minimum Gasteiger partial charge on any atom is -0.345 e. The number of carbonyl (C=O) groups is 1. The standard InChI is InChI=1S/C19H26N4O/c1-11(2)23-10-12-8-17-15(14-5-4-6-16(23)18(12)14)7-13(9-22(17)3)19(24)21-20/h4-6,10-11,13,15,17H,7-9,20H2,1-3H3,(H,21,24)/t13-,15-,17-/m1/s1. The van der Waals surface area contributed by atoms with Crippen molar-refractivity contribution in [2.45, 2.75) is 44.7 Å². The molecule has 24 heavy (non-hydrogen) atoms. The Labute approximate surface area is 142 Å². The molecule has 1 aliphatic heterocycles. The van der Waals surface area contributed by atoms with E-state index < -0.39 is 0 Å². The Hall–Kier alpha value is -1.85. The van der Waals surface area contributed by atoms with Crippen LogP contribution in [0.5, 0.6) is 0 Å². The van der Waals surface area contributed by atoms with Crippen molar-refractivity contribution >= 4 is 16.8 Å². The number of hydrazine groups is 1. The molecular formula is C19H26N4O. The quantitative estimate of drug-likeness (QED) is 0.505. The molecule has 2 aromatic rings. The van der Waals surface area contributed by atoms with E-state index in [4.69, 9.17) is 5.84 Å². The van der Waals surface area contributed by atoms with Crippen molar-refractivity contribution in [1.29, 1.82) is 0 Å². The maximum atomic E-state index is 12.1. The zero-order valence-electron chi connectivity index (χ0n) is 14.6. The average molecular weight is 326 g/mol. The second kappa shape index (κ2) is 5.60. The fourth-order valence-corrected chi connectivity index (χ4v) is 4.81. The molecule has 0 bridgehead atoms. The number of aromatic nitrogens is 1. The van der Waals surface area contributed by atoms with Gasteiger partial charge in [-0.1, -0.05) is 12.1 Å². The van der Waals surface area contributed by atoms with Crippen LogP contribution in [-0.4, -0.2) is 35.0 Å². The Balaban J connectivity index is 1.83. The summed E-state index contributed by atoms with van der Waals surface area (Å²) in [7, 11) is 2.14. The van der Waals surface area contributed by atoms with E-state index in [2.05, 4.69) is 60.2 Å². The van der Waals surface area contributed by atoms with Crippen molar-refractivity contribution in [3.8, 4) is 0 Å². The van der Waals surface area contributed by atoms with Crippen LogP contribution >= 0.6 is 0 Å². The lowest BCUT2D eigenvalue weighted by Gasteiger charge is -2.45. The molecule has 2 aliphatic rings. The Morgan fingerprint density at radius 3 is 2.88 bits per heavy atom. The van der Waals surface area contributed by atoms with Gasteiger partial charge in [0, 0.05) is 41.6 Å². The van der Waals surface area contributed by atoms with E-state index in [0.717, 1.165) is 19.4 Å². The number of nitrogens with one attached hydrogen (secondary N) is 1. The van der Waals surface area contributed by atoms with Crippen LogP contribution in [0.25, 0.3) is 10.9 Å². The van der Waals surface area contributed by atoms with Gasteiger partial charge in [0.05, 0.1) is 5.92 Å². The Morgan fingerprint density at radius 1 is 1.38 bits per heavy atom. The highest BCUT2D eigenvalue weighted by Gasteiger charge is 2.41. The number of hydrogen-bond donors (Lipinski definition) is 2. The molecule has 5 heteroatoms. The minimum atomic E-state index is -0.0435. The molecule has 4 rings (SSSR count). The maximum Gasteiger partial charge on any atom is 0.238 e. The van der Waals surface area contributed by atoms with Crippen LogP contribution in [0.4, 0.5) is 0 Å². The number of rotatable bonds is 2. The highest BCUT2D eigenvalue weighted by Crippen LogP contribution is 2.45. The van der Waals surface area contributed by atoms with Gasteiger partial charge in [0.1, 0.15) is 0 Å². The number of piperidine rings is 1. The topological polar surface area (TPSA) is 63.3 Å². The fourth-order valence-electron chi connectivity index (χ4n) is 4.81. The van der Waals surface area contributed by atoms with Crippen molar-refractivity contribution in [3.63, 3.8) is 0 Å². The van der Waals surface area contributed by atoms with E-state index in [0.29, 0.717) is 18.0 Å². The molecule has 1 fully saturated rings. The molecule has 1 aromatic heterocycles. The molecule has 0 spiro atoms. The normalized spacial score (nSPS) is 26.6. The zero-order valence-corrected chi connectivity index (χ0v) is 14.6. The molecule has 0 saturated carbocycles. The Kier molecular flexibility index (Phi) is 3.66. The van der Waals surface area contributed by atoms with E-state index in [9.17, 15) is 4.79 Å². The number of likely N-dealkylation sites (tertiary alicyclic amines) is 1. The summed E-state index contributed by atoms with van der Waals surface area (Å²) >= 11 is 0. The number of benzene rings is 1. The van der Waals surface area contributed by atoms with E-state index in [1.54, 1.807) is 0 Å². The third-order valence-corrected chi connectivity index (χ3v) is 5.94. The fraction of sp³-hybridized carbons (Fsp3) is 0.526. The molecule has 0 radical (unpaired) electrons. The summed E-state index contributed by atoms with van der Waals surface area (Å²) in [6, 6.07) is 7.55. The number of fused-ring (bicyclic) bond motifs is 2. The van der Waals surface area contributed by atoms with Crippen LogP contribution < -0.4 is 11.3 Å². The molecule has 5 nitrogen and oxygen atoms in total. The van der Waals surface area contributed by atoms with Crippen molar-refractivity contribution in [1.82, 2.24) is 14.9 Å². The number of amides is 1. The molecule has 1 saturated heterocycles. The summed E-state index contributed by atoms with van der Waals surface area (Å²) in [6.07, 6.45) is 4.27. The first-order valence-corrected chi connectivity index (χ1v) is 8.84. The largest absolute Gasteiger partial charge is 0.345 e. The summed E-state index contributed by atoms with van der Waals surface area (Å²) in [5.74, 6) is 5.70. The van der Waals surface area contributed by atoms with Crippen LogP contribution in [0.15, 0.2) is 24.4 Å². The number of hydrogen-bond acceptors (Lipinski definition) is 3. The van der Waals surface area contributed by atoms with Gasteiger partial charge >= 0.3 is 0 Å². The van der Waals surface area contributed by atoms with Crippen molar-refractivity contribution in [2.75, 3.05) is 13.6 Å². The molecule has 0 unspecified atom stereocenters. The SMILES string of the molecule is CC(C)n1cc2c3c(cccc31)[C@H]1C[C@@H](C(=O)NN)CN(C)[C@@H]1C2. The lowest BCUT2D eigenvalue weighted by molar-refractivity contribution is -0.127. The summed E-state index contributed by atoms with van der Waals surface area (Å²) < 4.78 is 2.38. The first-order chi connectivity index (χ1) is 11.5. The highest BCUT2D eigenvalue weighted by molar-refractivity contribution is 5.89. The molecular weight excluding hydrogens is 300 g/mol. The molecule has 128 valence electrons. The van der Waals surface area contributed by atoms with Gasteiger partial charge in [0.25, 0.3) is 0 Å². The highest BCUT2D eigenvalue weighted by atomic mass is 16.2. The first-order valence-electron chi connectivity index (χ1n) is 8.84. The number of nitrogens with two attached hydrogens (primary N) is 1. The second-order valence-corrected chi connectivity index (χ2v) is 7.66. The van der Waals surface area contributed by atoms with Gasteiger partial charge in [-0.05, 0) is 50.9 Å². The van der Waals surface area contributed by atoms with Gasteiger partial charge < -0.3 is 9.47 Å². The summed E-state index contributed by atoms with van der Waals surface area (Å²) in [5.41, 5.74) is 6.52. The summed E-state index contributed by atoms with van der Waals surface area (Å²) in [5, 5.41) is 1.41. The maximum absolute atomic E-state index is 12.1. The van der Waals surface area contributed by atoms with Gasteiger partial charge in [0.2, 0.25) is 5.91 Å². The number of carbonyl (C=O) groups excluding carboxylic acids is 1. The summed E-state index contributed by atoms with van der Waals surface area (Å²) in [4.78, 5) is 14.5. The number of likely N-dealkylation sites (N-methyl/N-ethyl adjacent to an activating group) is 1. The third kappa shape index (κ3) is 2.19. The molecule has 1 aliphatic carbocycles. The van der Waals surface area contributed by atoms with Gasteiger partial charge in [-0.2, -0.15) is 0 Å². The first kappa shape index (κ1) is 15.7. The van der Waals surface area contributed by atoms with Crippen LogP contribution in [0, 0.1) is 5.92 Å². The van der Waals surface area contributed by atoms with Crippen LogP contribution in [0.2, 0.25) is 0 Å². The molecule has 3 N–H and O–H groups in total. The van der Waals surface area contributed by atoms with Gasteiger partial charge in [-0.15, -0.1) is 0 Å². The molecule has 2 heterocycles. The smallest absolute Gasteiger partial charge is 0.238 e. The van der Waals surface area contributed by atoms with Crippen molar-refractivity contribution in [3.05, 3.63) is 35.5 Å². The lowest BCUT2D eigenvalue weighted by Crippen LogP contribution is -2.52. The van der Waals surface area contributed by atoms with Gasteiger partial charge in [-0.3, -0.25) is 10.2 Å². The van der Waals surface area contributed by atoms with Crippen LogP contribution in [-0.2, 0) is 11.2 Å². The monoisotopic (exact) mass is 326 g/mol. The second-order valence-electron chi connectivity index (χ2n) is 7.66. The van der Waals surface area contributed by atoms with E-state index in [-0.39, 0.29) is 11.8 Å². The van der Waals surface area contributed by atoms with Crippen molar-refractivity contribution < 1.29 is 4.79 Å². The molecule has 3 atom stereocenters. The van der Waals surface area contributed by atoms with Crippen molar-refractivity contribution in [2.24, 2.45) is 11.8 Å².